The summed E-state index contributed by atoms with van der Waals surface area (Å²) in [5.41, 5.74) is 1.04. The normalized spacial score (nSPS) is 13.2. The first-order valence-corrected chi connectivity index (χ1v) is 5.86. The fraction of sp³-hybridized carbons (Fsp3) is 0.333. The summed E-state index contributed by atoms with van der Waals surface area (Å²) in [6.07, 6.45) is -0.777. The highest BCUT2D eigenvalue weighted by Crippen LogP contribution is 2.23. The van der Waals surface area contributed by atoms with Gasteiger partial charge >= 0.3 is 10.4 Å². The molecule has 90 valence electrons. The van der Waals surface area contributed by atoms with Crippen LogP contribution in [0.4, 0.5) is 5.69 Å². The van der Waals surface area contributed by atoms with Gasteiger partial charge in [0.2, 0.25) is 0 Å². The van der Waals surface area contributed by atoms with Gasteiger partial charge in [-0.25, -0.2) is 0 Å². The monoisotopic (exact) mass is 247 g/mol. The zero-order valence-electron chi connectivity index (χ0n) is 8.84. The molecule has 0 amide bonds. The number of anilines is 1. The summed E-state index contributed by atoms with van der Waals surface area (Å²) in [5, 5.41) is 11.7. The van der Waals surface area contributed by atoms with Crippen molar-refractivity contribution in [2.24, 2.45) is 0 Å². The van der Waals surface area contributed by atoms with E-state index >= 15 is 0 Å². The number of hydrogen-bond donors (Lipinski definition) is 3. The van der Waals surface area contributed by atoms with E-state index < -0.39 is 16.6 Å². The summed E-state index contributed by atoms with van der Waals surface area (Å²) in [6, 6.07) is 4.62. The minimum atomic E-state index is -4.54. The Morgan fingerprint density at radius 3 is 2.56 bits per heavy atom. The van der Waals surface area contributed by atoms with Crippen LogP contribution in [0.15, 0.2) is 18.2 Å². The molecule has 0 fully saturated rings. The summed E-state index contributed by atoms with van der Waals surface area (Å²) in [4.78, 5) is 0. The van der Waals surface area contributed by atoms with E-state index in [0.717, 1.165) is 0 Å². The van der Waals surface area contributed by atoms with Crippen molar-refractivity contribution in [3.8, 4) is 5.75 Å². The predicted molar refractivity (Wildman–Crippen MR) is 58.7 cm³/mol. The first kappa shape index (κ1) is 12.8. The molecule has 0 bridgehead atoms. The molecule has 0 aliphatic heterocycles. The van der Waals surface area contributed by atoms with Gasteiger partial charge in [-0.05, 0) is 25.5 Å². The van der Waals surface area contributed by atoms with E-state index in [0.29, 0.717) is 11.3 Å². The maximum Gasteiger partial charge on any atom is 0.446 e. The molecule has 16 heavy (non-hydrogen) atoms. The fourth-order valence-electron chi connectivity index (χ4n) is 1.13. The summed E-state index contributed by atoms with van der Waals surface area (Å²) in [5.74, 6) is 0.00755. The van der Waals surface area contributed by atoms with Gasteiger partial charge < -0.3 is 14.6 Å². The maximum absolute atomic E-state index is 10.5. The van der Waals surface area contributed by atoms with Crippen LogP contribution in [0, 0.1) is 6.92 Å². The number of hydrogen-bond acceptors (Lipinski definition) is 5. The Balaban J connectivity index is 2.99. The molecule has 0 saturated heterocycles. The van der Waals surface area contributed by atoms with Gasteiger partial charge in [0.05, 0.1) is 0 Å². The average molecular weight is 247 g/mol. The highest BCUT2D eigenvalue weighted by molar-refractivity contribution is 7.81. The Kier molecular flexibility index (Phi) is 3.74. The van der Waals surface area contributed by atoms with Gasteiger partial charge in [0, 0.05) is 11.8 Å². The first-order valence-electron chi connectivity index (χ1n) is 4.50. The molecule has 1 rings (SSSR count). The molecular formula is C9H13NO5S. The Hall–Kier alpha value is -1.31. The second-order valence-electron chi connectivity index (χ2n) is 3.31. The van der Waals surface area contributed by atoms with Crippen LogP contribution in [0.5, 0.6) is 5.75 Å². The summed E-state index contributed by atoms with van der Waals surface area (Å²) in [7, 11) is -4.54. The van der Waals surface area contributed by atoms with Crippen LogP contribution in [0.25, 0.3) is 0 Å². The van der Waals surface area contributed by atoms with Crippen LogP contribution < -0.4 is 9.50 Å². The Labute approximate surface area is 93.8 Å². The van der Waals surface area contributed by atoms with E-state index in [-0.39, 0.29) is 5.75 Å². The number of aliphatic hydroxyl groups is 1. The Morgan fingerprint density at radius 1 is 1.44 bits per heavy atom. The van der Waals surface area contributed by atoms with Gasteiger partial charge in [-0.2, -0.15) is 8.42 Å². The standard InChI is InChI=1S/C9H13NO5S/c1-6-3-4-8(10-7(2)11)5-9(6)15-16(12,13)14/h3-5,7,10-11H,1-2H3,(H,12,13,14). The topological polar surface area (TPSA) is 95.9 Å². The highest BCUT2D eigenvalue weighted by atomic mass is 32.3. The minimum Gasteiger partial charge on any atom is -0.374 e. The molecule has 7 heteroatoms. The number of aryl methyl sites for hydroxylation is 1. The molecule has 1 atom stereocenters. The molecule has 1 aromatic rings. The van der Waals surface area contributed by atoms with Crippen molar-refractivity contribution in [3.63, 3.8) is 0 Å². The van der Waals surface area contributed by atoms with Crippen LogP contribution in [0.2, 0.25) is 0 Å². The number of aliphatic hydroxyl groups excluding tert-OH is 1. The number of rotatable bonds is 4. The van der Waals surface area contributed by atoms with Crippen molar-refractivity contribution in [1.29, 1.82) is 0 Å². The van der Waals surface area contributed by atoms with E-state index in [9.17, 15) is 8.42 Å². The number of nitrogens with one attached hydrogen (secondary N) is 1. The molecular weight excluding hydrogens is 234 g/mol. The van der Waals surface area contributed by atoms with Crippen LogP contribution in [-0.4, -0.2) is 24.3 Å². The van der Waals surface area contributed by atoms with E-state index in [4.69, 9.17) is 9.66 Å². The average Bonchev–Trinajstić information content (AvgIpc) is 2.07. The fourth-order valence-corrected chi connectivity index (χ4v) is 1.54. The summed E-state index contributed by atoms with van der Waals surface area (Å²) in [6.45, 7) is 3.15. The van der Waals surface area contributed by atoms with Crippen LogP contribution >= 0.6 is 0 Å². The van der Waals surface area contributed by atoms with E-state index in [2.05, 4.69) is 9.50 Å². The van der Waals surface area contributed by atoms with E-state index in [1.165, 1.54) is 13.0 Å². The van der Waals surface area contributed by atoms with Gasteiger partial charge in [0.15, 0.2) is 0 Å². The molecule has 0 aromatic heterocycles. The molecule has 0 aliphatic rings. The Bertz CT molecular complexity index is 469. The molecule has 0 spiro atoms. The Morgan fingerprint density at radius 2 is 2.06 bits per heavy atom. The first-order chi connectivity index (χ1) is 7.28. The quantitative estimate of drug-likeness (QED) is 0.541. The molecule has 1 aromatic carbocycles. The molecule has 0 aliphatic carbocycles. The van der Waals surface area contributed by atoms with E-state index in [1.807, 2.05) is 0 Å². The van der Waals surface area contributed by atoms with Crippen LogP contribution in [0.1, 0.15) is 12.5 Å². The SMILES string of the molecule is Cc1ccc(NC(C)O)cc1OS(=O)(=O)O. The van der Waals surface area contributed by atoms with Crippen molar-refractivity contribution in [1.82, 2.24) is 0 Å². The van der Waals surface area contributed by atoms with Crippen LogP contribution in [0.3, 0.4) is 0 Å². The van der Waals surface area contributed by atoms with Crippen molar-refractivity contribution in [2.75, 3.05) is 5.32 Å². The molecule has 1 unspecified atom stereocenters. The third-order valence-electron chi connectivity index (χ3n) is 1.76. The summed E-state index contributed by atoms with van der Waals surface area (Å²) >= 11 is 0. The molecule has 6 nitrogen and oxygen atoms in total. The largest absolute Gasteiger partial charge is 0.446 e. The predicted octanol–water partition coefficient (Wildman–Crippen LogP) is 0.927. The van der Waals surface area contributed by atoms with Crippen molar-refractivity contribution in [2.45, 2.75) is 20.1 Å². The third kappa shape index (κ3) is 4.05. The lowest BCUT2D eigenvalue weighted by Gasteiger charge is -2.11. The summed E-state index contributed by atoms with van der Waals surface area (Å²) < 4.78 is 34.0. The minimum absolute atomic E-state index is 0.00755. The lowest BCUT2D eigenvalue weighted by Crippen LogP contribution is -2.14. The lowest BCUT2D eigenvalue weighted by molar-refractivity contribution is 0.224. The zero-order valence-corrected chi connectivity index (χ0v) is 9.65. The second kappa shape index (κ2) is 4.69. The molecule has 0 heterocycles. The highest BCUT2D eigenvalue weighted by Gasteiger charge is 2.10. The second-order valence-corrected chi connectivity index (χ2v) is 4.33. The van der Waals surface area contributed by atoms with Crippen LogP contribution in [-0.2, 0) is 10.4 Å². The van der Waals surface area contributed by atoms with Gasteiger partial charge in [0.25, 0.3) is 0 Å². The van der Waals surface area contributed by atoms with Crippen molar-refractivity contribution in [3.05, 3.63) is 23.8 Å². The maximum atomic E-state index is 10.5. The van der Waals surface area contributed by atoms with Crippen molar-refractivity contribution >= 4 is 16.1 Å². The molecule has 0 radical (unpaired) electrons. The van der Waals surface area contributed by atoms with Gasteiger partial charge in [-0.3, -0.25) is 4.55 Å². The van der Waals surface area contributed by atoms with Gasteiger partial charge in [0.1, 0.15) is 12.0 Å². The number of benzene rings is 1. The van der Waals surface area contributed by atoms with Gasteiger partial charge in [-0.1, -0.05) is 6.07 Å². The van der Waals surface area contributed by atoms with Crippen molar-refractivity contribution < 1.29 is 22.3 Å². The van der Waals surface area contributed by atoms with Gasteiger partial charge in [-0.15, -0.1) is 0 Å². The zero-order chi connectivity index (χ0) is 12.3. The molecule has 3 N–H and O–H groups in total. The smallest absolute Gasteiger partial charge is 0.374 e. The molecule has 0 saturated carbocycles. The van der Waals surface area contributed by atoms with E-state index in [1.54, 1.807) is 19.1 Å². The third-order valence-corrected chi connectivity index (χ3v) is 2.15. The lowest BCUT2D eigenvalue weighted by atomic mass is 10.2.